The number of fused-ring (bicyclic) bond motifs is 1. The molecule has 0 heteroatoms. The van der Waals surface area contributed by atoms with Crippen LogP contribution in [0, 0.1) is 13.8 Å². The van der Waals surface area contributed by atoms with Gasteiger partial charge < -0.3 is 0 Å². The second-order valence-corrected chi connectivity index (χ2v) is 4.84. The summed E-state index contributed by atoms with van der Waals surface area (Å²) >= 11 is 0. The lowest BCUT2D eigenvalue weighted by molar-refractivity contribution is 1.47. The van der Waals surface area contributed by atoms with Crippen molar-refractivity contribution in [1.82, 2.24) is 0 Å². The van der Waals surface area contributed by atoms with Crippen LogP contribution in [0.3, 0.4) is 0 Å². The first-order valence-corrected chi connectivity index (χ1v) is 6.31. The smallest absolute Gasteiger partial charge is 0.0103 e. The molecule has 0 aliphatic heterocycles. The summed E-state index contributed by atoms with van der Waals surface area (Å²) in [5.41, 5.74) is 5.24. The van der Waals surface area contributed by atoms with Gasteiger partial charge in [0.2, 0.25) is 0 Å². The van der Waals surface area contributed by atoms with E-state index in [2.05, 4.69) is 74.5 Å². The van der Waals surface area contributed by atoms with E-state index in [1.807, 2.05) is 0 Å². The molecular formula is C18H16. The molecule has 0 aliphatic rings. The lowest BCUT2D eigenvalue weighted by atomic mass is 9.95. The molecule has 0 unspecified atom stereocenters. The van der Waals surface area contributed by atoms with Gasteiger partial charge in [-0.1, -0.05) is 66.2 Å². The predicted octanol–water partition coefficient (Wildman–Crippen LogP) is 5.12. The molecule has 0 amide bonds. The fraction of sp³-hybridized carbons (Fsp3) is 0.111. The Labute approximate surface area is 108 Å². The van der Waals surface area contributed by atoms with Gasteiger partial charge in [0.1, 0.15) is 0 Å². The highest BCUT2D eigenvalue weighted by Crippen LogP contribution is 2.30. The van der Waals surface area contributed by atoms with Crippen LogP contribution in [0.2, 0.25) is 0 Å². The van der Waals surface area contributed by atoms with Crippen molar-refractivity contribution in [3.05, 3.63) is 71.8 Å². The maximum Gasteiger partial charge on any atom is -0.0103 e. The van der Waals surface area contributed by atoms with Crippen molar-refractivity contribution >= 4 is 10.8 Å². The van der Waals surface area contributed by atoms with E-state index in [0.717, 1.165) is 0 Å². The molecule has 0 spiro atoms. The molecule has 3 aromatic rings. The van der Waals surface area contributed by atoms with Crippen LogP contribution in [0.1, 0.15) is 11.1 Å². The lowest BCUT2D eigenvalue weighted by Gasteiger charge is -2.09. The molecule has 0 fully saturated rings. The van der Waals surface area contributed by atoms with Gasteiger partial charge in [0, 0.05) is 0 Å². The molecule has 0 atom stereocenters. The van der Waals surface area contributed by atoms with Crippen LogP contribution in [0.15, 0.2) is 60.7 Å². The van der Waals surface area contributed by atoms with Crippen LogP contribution in [-0.4, -0.2) is 0 Å². The zero-order valence-corrected chi connectivity index (χ0v) is 10.8. The van der Waals surface area contributed by atoms with Crippen LogP contribution in [0.5, 0.6) is 0 Å². The van der Waals surface area contributed by atoms with E-state index in [-0.39, 0.29) is 0 Å². The van der Waals surface area contributed by atoms with Gasteiger partial charge in [0.25, 0.3) is 0 Å². The van der Waals surface area contributed by atoms with Crippen molar-refractivity contribution in [2.45, 2.75) is 13.8 Å². The summed E-state index contributed by atoms with van der Waals surface area (Å²) in [7, 11) is 0. The minimum Gasteiger partial charge on any atom is -0.0616 e. The molecule has 0 aliphatic carbocycles. The number of hydrogen-bond acceptors (Lipinski definition) is 0. The molecule has 3 rings (SSSR count). The van der Waals surface area contributed by atoms with Gasteiger partial charge >= 0.3 is 0 Å². The first kappa shape index (κ1) is 11.0. The van der Waals surface area contributed by atoms with Gasteiger partial charge in [-0.15, -0.1) is 0 Å². The minimum atomic E-state index is 1.29. The lowest BCUT2D eigenvalue weighted by Crippen LogP contribution is -1.84. The van der Waals surface area contributed by atoms with Gasteiger partial charge in [-0.05, 0) is 41.3 Å². The quantitative estimate of drug-likeness (QED) is 0.546. The minimum absolute atomic E-state index is 1.29. The molecule has 0 N–H and O–H groups in total. The third-order valence-corrected chi connectivity index (χ3v) is 3.50. The first-order valence-electron chi connectivity index (χ1n) is 6.31. The second kappa shape index (κ2) is 4.30. The zero-order valence-electron chi connectivity index (χ0n) is 10.8. The van der Waals surface area contributed by atoms with Crippen molar-refractivity contribution < 1.29 is 0 Å². The molecule has 0 saturated heterocycles. The fourth-order valence-corrected chi connectivity index (χ4v) is 2.43. The number of benzene rings is 3. The van der Waals surface area contributed by atoms with E-state index in [4.69, 9.17) is 0 Å². The Hall–Kier alpha value is -2.08. The Bertz CT molecular complexity index is 691. The average molecular weight is 232 g/mol. The number of rotatable bonds is 1. The summed E-state index contributed by atoms with van der Waals surface area (Å²) in [4.78, 5) is 0. The molecule has 0 bridgehead atoms. The highest BCUT2D eigenvalue weighted by molar-refractivity contribution is 5.98. The van der Waals surface area contributed by atoms with Crippen molar-refractivity contribution in [2.24, 2.45) is 0 Å². The summed E-state index contributed by atoms with van der Waals surface area (Å²) in [5, 5.41) is 2.68. The van der Waals surface area contributed by atoms with Crippen molar-refractivity contribution in [2.75, 3.05) is 0 Å². The number of hydrogen-bond donors (Lipinski definition) is 0. The topological polar surface area (TPSA) is 0 Å². The standard InChI is InChI=1S/C18H16/c1-13-7-10-15(11-8-13)17-12-9-14(2)16-5-3-4-6-18(16)17/h3-12H,1-2H3. The van der Waals surface area contributed by atoms with Crippen LogP contribution >= 0.6 is 0 Å². The van der Waals surface area contributed by atoms with Gasteiger partial charge in [-0.2, -0.15) is 0 Å². The molecule has 18 heavy (non-hydrogen) atoms. The Morgan fingerprint density at radius 2 is 1.28 bits per heavy atom. The van der Waals surface area contributed by atoms with Gasteiger partial charge in [-0.25, -0.2) is 0 Å². The highest BCUT2D eigenvalue weighted by Gasteiger charge is 2.04. The third-order valence-electron chi connectivity index (χ3n) is 3.50. The highest BCUT2D eigenvalue weighted by atomic mass is 14.1. The maximum atomic E-state index is 2.22. The van der Waals surface area contributed by atoms with Crippen LogP contribution in [-0.2, 0) is 0 Å². The van der Waals surface area contributed by atoms with Crippen LogP contribution < -0.4 is 0 Å². The summed E-state index contributed by atoms with van der Waals surface area (Å²) in [5.74, 6) is 0. The van der Waals surface area contributed by atoms with Crippen molar-refractivity contribution in [1.29, 1.82) is 0 Å². The molecule has 3 aromatic carbocycles. The Morgan fingerprint density at radius 3 is 2.00 bits per heavy atom. The van der Waals surface area contributed by atoms with Crippen molar-refractivity contribution in [3.63, 3.8) is 0 Å². The molecule has 88 valence electrons. The summed E-state index contributed by atoms with van der Waals surface area (Å²) in [6.07, 6.45) is 0. The number of aryl methyl sites for hydroxylation is 2. The Balaban J connectivity index is 2.30. The Morgan fingerprint density at radius 1 is 0.611 bits per heavy atom. The molecule has 0 heterocycles. The van der Waals surface area contributed by atoms with E-state index in [1.165, 1.54) is 33.0 Å². The molecule has 0 nitrogen and oxygen atoms in total. The van der Waals surface area contributed by atoms with E-state index in [9.17, 15) is 0 Å². The second-order valence-electron chi connectivity index (χ2n) is 4.84. The third kappa shape index (κ3) is 1.80. The zero-order chi connectivity index (χ0) is 12.5. The summed E-state index contributed by atoms with van der Waals surface area (Å²) in [6.45, 7) is 4.29. The van der Waals surface area contributed by atoms with Gasteiger partial charge in [0.15, 0.2) is 0 Å². The predicted molar refractivity (Wildman–Crippen MR) is 78.9 cm³/mol. The SMILES string of the molecule is Cc1ccc(-c2ccc(C)c3ccccc23)cc1. The summed E-state index contributed by atoms with van der Waals surface area (Å²) < 4.78 is 0. The van der Waals surface area contributed by atoms with Crippen molar-refractivity contribution in [3.8, 4) is 11.1 Å². The molecular weight excluding hydrogens is 216 g/mol. The molecule has 0 radical (unpaired) electrons. The van der Waals surface area contributed by atoms with E-state index >= 15 is 0 Å². The van der Waals surface area contributed by atoms with Crippen LogP contribution in [0.25, 0.3) is 21.9 Å². The normalized spacial score (nSPS) is 10.8. The Kier molecular flexibility index (Phi) is 2.64. The van der Waals surface area contributed by atoms with Crippen LogP contribution in [0.4, 0.5) is 0 Å². The molecule has 0 aromatic heterocycles. The monoisotopic (exact) mass is 232 g/mol. The van der Waals surface area contributed by atoms with E-state index in [0.29, 0.717) is 0 Å². The van der Waals surface area contributed by atoms with E-state index < -0.39 is 0 Å². The largest absolute Gasteiger partial charge is 0.0616 e. The molecule has 0 saturated carbocycles. The van der Waals surface area contributed by atoms with E-state index in [1.54, 1.807) is 0 Å². The maximum absolute atomic E-state index is 2.22. The van der Waals surface area contributed by atoms with Gasteiger partial charge in [-0.3, -0.25) is 0 Å². The first-order chi connectivity index (χ1) is 8.75. The average Bonchev–Trinajstić information content (AvgIpc) is 2.41. The van der Waals surface area contributed by atoms with Gasteiger partial charge in [0.05, 0.1) is 0 Å². The fourth-order valence-electron chi connectivity index (χ4n) is 2.43. The summed E-state index contributed by atoms with van der Waals surface area (Å²) in [6, 6.07) is 21.8.